The smallest absolute Gasteiger partial charge is 0.216 e. The van der Waals surface area contributed by atoms with E-state index in [2.05, 4.69) is 10.2 Å². The Morgan fingerprint density at radius 1 is 1.22 bits per heavy atom. The summed E-state index contributed by atoms with van der Waals surface area (Å²) in [6.45, 7) is 10.7. The van der Waals surface area contributed by atoms with Gasteiger partial charge in [-0.1, -0.05) is 20.8 Å². The van der Waals surface area contributed by atoms with Crippen molar-refractivity contribution in [3.63, 3.8) is 0 Å². The minimum atomic E-state index is -0.243. The molecule has 1 rings (SSSR count). The number of rotatable bonds is 4. The quantitative estimate of drug-likeness (QED) is 0.826. The third kappa shape index (κ3) is 5.17. The van der Waals surface area contributed by atoms with Crippen LogP contribution in [0, 0.1) is 11.3 Å². The Morgan fingerprint density at radius 2 is 1.78 bits per heavy atom. The lowest BCUT2D eigenvalue weighted by Gasteiger charge is -2.33. The highest BCUT2D eigenvalue weighted by atomic mass is 16.1. The SMILES string of the molecule is CC(=O)NCC1CCN(CC(=O)C(C)(C)C)CC1. The molecule has 0 aromatic carbocycles. The number of amides is 1. The molecule has 4 nitrogen and oxygen atoms in total. The molecule has 0 atom stereocenters. The lowest BCUT2D eigenvalue weighted by atomic mass is 9.89. The molecule has 0 saturated carbocycles. The van der Waals surface area contributed by atoms with Crippen molar-refractivity contribution >= 4 is 11.7 Å². The molecular formula is C14H26N2O2. The molecule has 4 heteroatoms. The normalized spacial score (nSPS) is 18.7. The molecule has 18 heavy (non-hydrogen) atoms. The first kappa shape index (κ1) is 15.2. The summed E-state index contributed by atoms with van der Waals surface area (Å²) in [5, 5.41) is 2.87. The third-order valence-electron chi connectivity index (χ3n) is 3.55. The largest absolute Gasteiger partial charge is 0.356 e. The van der Waals surface area contributed by atoms with Crippen molar-refractivity contribution in [2.45, 2.75) is 40.5 Å². The lowest BCUT2D eigenvalue weighted by Crippen LogP contribution is -2.42. The van der Waals surface area contributed by atoms with E-state index in [1.165, 1.54) is 0 Å². The van der Waals surface area contributed by atoms with Crippen molar-refractivity contribution in [1.29, 1.82) is 0 Å². The van der Waals surface area contributed by atoms with Gasteiger partial charge in [-0.05, 0) is 31.8 Å². The molecule has 1 fully saturated rings. The maximum absolute atomic E-state index is 11.9. The van der Waals surface area contributed by atoms with Crippen LogP contribution in [0.2, 0.25) is 0 Å². The van der Waals surface area contributed by atoms with Crippen LogP contribution in [0.25, 0.3) is 0 Å². The van der Waals surface area contributed by atoms with Crippen LogP contribution in [-0.4, -0.2) is 42.8 Å². The predicted molar refractivity (Wildman–Crippen MR) is 72.3 cm³/mol. The number of ketones is 1. The highest BCUT2D eigenvalue weighted by Crippen LogP contribution is 2.19. The maximum atomic E-state index is 11.9. The molecular weight excluding hydrogens is 228 g/mol. The van der Waals surface area contributed by atoms with Crippen LogP contribution in [0.1, 0.15) is 40.5 Å². The monoisotopic (exact) mass is 254 g/mol. The summed E-state index contributed by atoms with van der Waals surface area (Å²) in [7, 11) is 0. The Labute approximate surface area is 110 Å². The maximum Gasteiger partial charge on any atom is 0.216 e. The minimum Gasteiger partial charge on any atom is -0.356 e. The van der Waals surface area contributed by atoms with Crippen LogP contribution in [0.5, 0.6) is 0 Å². The van der Waals surface area contributed by atoms with E-state index in [1.54, 1.807) is 6.92 Å². The first-order valence-corrected chi connectivity index (χ1v) is 6.79. The number of Topliss-reactive ketones (excluding diaryl/α,β-unsaturated/α-hetero) is 1. The average Bonchev–Trinajstić information content (AvgIpc) is 2.26. The van der Waals surface area contributed by atoms with Gasteiger partial charge in [0.05, 0.1) is 6.54 Å². The van der Waals surface area contributed by atoms with Gasteiger partial charge in [0.2, 0.25) is 5.91 Å². The van der Waals surface area contributed by atoms with Gasteiger partial charge in [0.1, 0.15) is 0 Å². The van der Waals surface area contributed by atoms with E-state index in [1.807, 2.05) is 20.8 Å². The van der Waals surface area contributed by atoms with Gasteiger partial charge in [-0.2, -0.15) is 0 Å². The number of likely N-dealkylation sites (tertiary alicyclic amines) is 1. The number of hydrogen-bond acceptors (Lipinski definition) is 3. The van der Waals surface area contributed by atoms with Crippen molar-refractivity contribution in [3.8, 4) is 0 Å². The summed E-state index contributed by atoms with van der Waals surface area (Å²) in [4.78, 5) is 25.0. The minimum absolute atomic E-state index is 0.0420. The number of carbonyl (C=O) groups excluding carboxylic acids is 2. The first-order valence-electron chi connectivity index (χ1n) is 6.79. The second-order valence-electron chi connectivity index (χ2n) is 6.33. The Bertz CT molecular complexity index is 299. The Hall–Kier alpha value is -0.900. The third-order valence-corrected chi connectivity index (χ3v) is 3.55. The molecule has 0 aromatic heterocycles. The molecule has 0 spiro atoms. The molecule has 0 aliphatic carbocycles. The highest BCUT2D eigenvalue weighted by Gasteiger charge is 2.26. The molecule has 0 bridgehead atoms. The van der Waals surface area contributed by atoms with E-state index in [-0.39, 0.29) is 11.3 Å². The highest BCUT2D eigenvalue weighted by molar-refractivity contribution is 5.85. The molecule has 1 amide bonds. The van der Waals surface area contributed by atoms with Crippen LogP contribution in [0.4, 0.5) is 0 Å². The van der Waals surface area contributed by atoms with Crippen LogP contribution < -0.4 is 5.32 Å². The van der Waals surface area contributed by atoms with Gasteiger partial charge in [0, 0.05) is 18.9 Å². The van der Waals surface area contributed by atoms with Gasteiger partial charge in [-0.15, -0.1) is 0 Å². The summed E-state index contributed by atoms with van der Waals surface area (Å²) in [6, 6.07) is 0. The number of piperidine rings is 1. The average molecular weight is 254 g/mol. The van der Waals surface area contributed by atoms with Crippen molar-refractivity contribution in [2.75, 3.05) is 26.2 Å². The van der Waals surface area contributed by atoms with Crippen molar-refractivity contribution in [3.05, 3.63) is 0 Å². The van der Waals surface area contributed by atoms with Crippen LogP contribution in [-0.2, 0) is 9.59 Å². The van der Waals surface area contributed by atoms with Gasteiger partial charge in [0.25, 0.3) is 0 Å². The fourth-order valence-electron chi connectivity index (χ4n) is 2.08. The summed E-state index contributed by atoms with van der Waals surface area (Å²) < 4.78 is 0. The second kappa shape index (κ2) is 6.32. The topological polar surface area (TPSA) is 49.4 Å². The Morgan fingerprint density at radius 3 is 2.22 bits per heavy atom. The Balaban J connectivity index is 2.27. The molecule has 0 unspecified atom stereocenters. The number of nitrogens with zero attached hydrogens (tertiary/aromatic N) is 1. The van der Waals surface area contributed by atoms with Crippen LogP contribution in [0.15, 0.2) is 0 Å². The molecule has 0 aromatic rings. The summed E-state index contributed by atoms with van der Waals surface area (Å²) in [6.07, 6.45) is 2.13. The fourth-order valence-corrected chi connectivity index (χ4v) is 2.08. The van der Waals surface area contributed by atoms with Crippen molar-refractivity contribution < 1.29 is 9.59 Å². The van der Waals surface area contributed by atoms with E-state index in [0.717, 1.165) is 32.5 Å². The second-order valence-corrected chi connectivity index (χ2v) is 6.33. The zero-order chi connectivity index (χ0) is 13.8. The van der Waals surface area contributed by atoms with E-state index in [0.29, 0.717) is 18.2 Å². The van der Waals surface area contributed by atoms with Crippen molar-refractivity contribution in [1.82, 2.24) is 10.2 Å². The summed E-state index contributed by atoms with van der Waals surface area (Å²) in [5.74, 6) is 0.915. The summed E-state index contributed by atoms with van der Waals surface area (Å²) >= 11 is 0. The van der Waals surface area contributed by atoms with E-state index in [9.17, 15) is 9.59 Å². The fraction of sp³-hybridized carbons (Fsp3) is 0.857. The van der Waals surface area contributed by atoms with Gasteiger partial charge < -0.3 is 5.32 Å². The van der Waals surface area contributed by atoms with Crippen LogP contribution >= 0.6 is 0 Å². The molecule has 1 aliphatic rings. The summed E-state index contributed by atoms with van der Waals surface area (Å²) in [5.41, 5.74) is -0.243. The van der Waals surface area contributed by atoms with Crippen molar-refractivity contribution in [2.24, 2.45) is 11.3 Å². The lowest BCUT2D eigenvalue weighted by molar-refractivity contribution is -0.127. The number of carbonyl (C=O) groups is 2. The number of hydrogen-bond donors (Lipinski definition) is 1. The standard InChI is InChI=1S/C14H26N2O2/c1-11(17)15-9-12-5-7-16(8-6-12)10-13(18)14(2,3)4/h12H,5-10H2,1-4H3,(H,15,17). The van der Waals surface area contributed by atoms with Gasteiger partial charge in [0.15, 0.2) is 5.78 Å². The molecule has 1 saturated heterocycles. The van der Waals surface area contributed by atoms with Gasteiger partial charge in [-0.25, -0.2) is 0 Å². The van der Waals surface area contributed by atoms with Gasteiger partial charge in [-0.3, -0.25) is 14.5 Å². The van der Waals surface area contributed by atoms with E-state index < -0.39 is 0 Å². The number of nitrogens with one attached hydrogen (secondary N) is 1. The molecule has 1 heterocycles. The van der Waals surface area contributed by atoms with E-state index >= 15 is 0 Å². The molecule has 1 N–H and O–H groups in total. The zero-order valence-electron chi connectivity index (χ0n) is 12.1. The van der Waals surface area contributed by atoms with Gasteiger partial charge >= 0.3 is 0 Å². The molecule has 1 aliphatic heterocycles. The zero-order valence-corrected chi connectivity index (χ0v) is 12.1. The van der Waals surface area contributed by atoms with E-state index in [4.69, 9.17) is 0 Å². The molecule has 0 radical (unpaired) electrons. The first-order chi connectivity index (χ1) is 8.29. The predicted octanol–water partition coefficient (Wildman–Crippen LogP) is 1.45. The Kier molecular flexibility index (Phi) is 5.32. The van der Waals surface area contributed by atoms with Crippen LogP contribution in [0.3, 0.4) is 0 Å². The molecule has 104 valence electrons.